The molecule has 0 amide bonds. The van der Waals surface area contributed by atoms with Gasteiger partial charge >= 0.3 is 23.9 Å². The molecule has 0 aromatic rings. The number of carbonyl (C=O) groups excluding carboxylic acids is 4. The molecule has 0 spiro atoms. The molecule has 10 aliphatic carbocycles. The topological polar surface area (TPSA) is 129 Å². The van der Waals surface area contributed by atoms with Gasteiger partial charge in [0.15, 0.2) is 5.41 Å². The zero-order chi connectivity index (χ0) is 38.4. The van der Waals surface area contributed by atoms with Crippen molar-refractivity contribution >= 4 is 23.9 Å². The highest BCUT2D eigenvalue weighted by Gasteiger charge is 2.73. The van der Waals surface area contributed by atoms with Crippen LogP contribution in [-0.4, -0.2) is 47.3 Å². The van der Waals surface area contributed by atoms with Crippen molar-refractivity contribution in [3.8, 4) is 6.07 Å². The maximum absolute atomic E-state index is 14.9. The van der Waals surface area contributed by atoms with Crippen LogP contribution >= 0.6 is 0 Å². The summed E-state index contributed by atoms with van der Waals surface area (Å²) in [7, 11) is 0. The van der Waals surface area contributed by atoms with E-state index in [9.17, 15) is 24.4 Å². The molecule has 11 rings (SSSR count). The lowest BCUT2D eigenvalue weighted by Crippen LogP contribution is -2.59. The molecule has 9 unspecified atom stereocenters. The van der Waals surface area contributed by atoms with E-state index in [1.165, 1.54) is 25.7 Å². The number of nitriles is 1. The third-order valence-corrected chi connectivity index (χ3v) is 17.6. The normalized spacial score (nSPS) is 48.1. The molecule has 10 bridgehead atoms. The summed E-state index contributed by atoms with van der Waals surface area (Å²) in [4.78, 5) is 56.9. The van der Waals surface area contributed by atoms with Gasteiger partial charge in [0.05, 0.1) is 22.3 Å². The van der Waals surface area contributed by atoms with E-state index in [1.54, 1.807) is 0 Å². The molecule has 1 saturated heterocycles. The molecule has 10 saturated carbocycles. The van der Waals surface area contributed by atoms with E-state index < -0.39 is 57.0 Å². The molecule has 11 fully saturated rings. The first-order valence-corrected chi connectivity index (χ1v) is 21.6. The van der Waals surface area contributed by atoms with Crippen molar-refractivity contribution < 1.29 is 38.1 Å². The van der Waals surface area contributed by atoms with Crippen LogP contribution in [0.1, 0.15) is 151 Å². The summed E-state index contributed by atoms with van der Waals surface area (Å²) in [6.45, 7) is 14.0. The van der Waals surface area contributed by atoms with E-state index in [0.717, 1.165) is 56.8 Å². The first-order valence-electron chi connectivity index (χ1n) is 21.6. The molecule has 296 valence electrons. The Hall–Kier alpha value is -2.63. The summed E-state index contributed by atoms with van der Waals surface area (Å²) in [5, 5.41) is 9.98. The fourth-order valence-corrected chi connectivity index (χ4v) is 15.7. The SMILES string of the molecule is CCC(C)(CC(C)(CC(C)(C)C(=O)OC12CC3CC(CC(C)(C3)C1)C2)C(=O)OC1C2CC3C1OC(=O)C3(C#N)C2)C(=O)OC1(C)C2CC3CC(C2)CC1C3. The molecule has 9 nitrogen and oxygen atoms in total. The summed E-state index contributed by atoms with van der Waals surface area (Å²) in [6, 6.07) is 2.24. The number of rotatable bonds is 11. The van der Waals surface area contributed by atoms with E-state index in [0.29, 0.717) is 42.9 Å². The Morgan fingerprint density at radius 3 is 1.96 bits per heavy atom. The second-order valence-electron chi connectivity index (χ2n) is 22.6. The second kappa shape index (κ2) is 11.7. The van der Waals surface area contributed by atoms with Crippen LogP contribution in [0.5, 0.6) is 0 Å². The molecule has 54 heavy (non-hydrogen) atoms. The van der Waals surface area contributed by atoms with Crippen molar-refractivity contribution in [3.63, 3.8) is 0 Å². The lowest BCUT2D eigenvalue weighted by Gasteiger charge is -2.60. The van der Waals surface area contributed by atoms with E-state index >= 15 is 0 Å². The minimum absolute atomic E-state index is 0.125. The highest BCUT2D eigenvalue weighted by Crippen LogP contribution is 2.65. The van der Waals surface area contributed by atoms with Gasteiger partial charge in [-0.1, -0.05) is 13.8 Å². The molecule has 1 heterocycles. The van der Waals surface area contributed by atoms with Crippen LogP contribution in [0.15, 0.2) is 0 Å². The highest BCUT2D eigenvalue weighted by atomic mass is 16.6. The van der Waals surface area contributed by atoms with Gasteiger partial charge in [-0.2, -0.15) is 5.26 Å². The zero-order valence-electron chi connectivity index (χ0n) is 33.8. The molecule has 11 aliphatic rings. The average Bonchev–Trinajstić information content (AvgIpc) is 3.67. The van der Waals surface area contributed by atoms with Gasteiger partial charge in [0.1, 0.15) is 23.4 Å². The second-order valence-corrected chi connectivity index (χ2v) is 22.6. The van der Waals surface area contributed by atoms with Crippen molar-refractivity contribution in [1.29, 1.82) is 5.26 Å². The first kappa shape index (κ1) is 37.0. The van der Waals surface area contributed by atoms with Crippen molar-refractivity contribution in [1.82, 2.24) is 0 Å². The fraction of sp³-hybridized carbons (Fsp3) is 0.889. The molecule has 0 aromatic carbocycles. The minimum atomic E-state index is -1.28. The number of hydrogen-bond donors (Lipinski definition) is 0. The van der Waals surface area contributed by atoms with Gasteiger partial charge in [0.2, 0.25) is 0 Å². The van der Waals surface area contributed by atoms with E-state index in [2.05, 4.69) is 19.9 Å². The van der Waals surface area contributed by atoms with Gasteiger partial charge in [-0.25, -0.2) is 0 Å². The Morgan fingerprint density at radius 2 is 1.39 bits per heavy atom. The third kappa shape index (κ3) is 5.39. The molecule has 9 atom stereocenters. The van der Waals surface area contributed by atoms with Crippen LogP contribution in [-0.2, 0) is 38.1 Å². The maximum atomic E-state index is 14.9. The minimum Gasteiger partial charge on any atom is -0.459 e. The molecule has 0 N–H and O–H groups in total. The van der Waals surface area contributed by atoms with Gasteiger partial charge in [0.25, 0.3) is 0 Å². The number of fused-ring (bicyclic) bond motifs is 1. The van der Waals surface area contributed by atoms with Crippen molar-refractivity contribution in [2.45, 2.75) is 175 Å². The molecule has 0 radical (unpaired) electrons. The van der Waals surface area contributed by atoms with E-state index in [4.69, 9.17) is 18.9 Å². The predicted molar refractivity (Wildman–Crippen MR) is 197 cm³/mol. The Bertz CT molecular complexity index is 1650. The summed E-state index contributed by atoms with van der Waals surface area (Å²) in [6.07, 6.45) is 12.5. The van der Waals surface area contributed by atoms with Gasteiger partial charge in [-0.15, -0.1) is 0 Å². The monoisotopic (exact) mass is 745 g/mol. The molecular weight excluding hydrogens is 682 g/mol. The van der Waals surface area contributed by atoms with Gasteiger partial charge in [-0.3, -0.25) is 19.2 Å². The predicted octanol–water partition coefficient (Wildman–Crippen LogP) is 8.26. The number of esters is 4. The molecular formula is C45H63NO8. The Labute approximate surface area is 321 Å². The van der Waals surface area contributed by atoms with Crippen molar-refractivity contribution in [2.24, 2.45) is 74.4 Å². The first-order chi connectivity index (χ1) is 25.3. The summed E-state index contributed by atoms with van der Waals surface area (Å²) in [5.41, 5.74) is -5.28. The maximum Gasteiger partial charge on any atom is 0.327 e. The number of hydrogen-bond acceptors (Lipinski definition) is 9. The summed E-state index contributed by atoms with van der Waals surface area (Å²) < 4.78 is 25.6. The molecule has 1 aliphatic heterocycles. The fourth-order valence-electron chi connectivity index (χ4n) is 15.7. The largest absolute Gasteiger partial charge is 0.459 e. The summed E-state index contributed by atoms with van der Waals surface area (Å²) in [5.74, 6) is 1.35. The van der Waals surface area contributed by atoms with Crippen molar-refractivity contribution in [3.05, 3.63) is 0 Å². The zero-order valence-corrected chi connectivity index (χ0v) is 33.8. The third-order valence-electron chi connectivity index (χ3n) is 17.6. The van der Waals surface area contributed by atoms with Crippen LogP contribution < -0.4 is 0 Å². The number of nitrogens with zero attached hydrogens (tertiary/aromatic N) is 1. The van der Waals surface area contributed by atoms with E-state index in [-0.39, 0.29) is 42.0 Å². The molecule has 9 heteroatoms. The smallest absolute Gasteiger partial charge is 0.327 e. The summed E-state index contributed by atoms with van der Waals surface area (Å²) >= 11 is 0. The Morgan fingerprint density at radius 1 is 0.778 bits per heavy atom. The van der Waals surface area contributed by atoms with Crippen molar-refractivity contribution in [2.75, 3.05) is 0 Å². The lowest BCUT2D eigenvalue weighted by atomic mass is 9.48. The quantitative estimate of drug-likeness (QED) is 0.152. The van der Waals surface area contributed by atoms with Gasteiger partial charge in [0, 0.05) is 11.8 Å². The molecule has 0 aromatic heterocycles. The Kier molecular flexibility index (Phi) is 8.02. The lowest BCUT2D eigenvalue weighted by molar-refractivity contribution is -0.215. The van der Waals surface area contributed by atoms with Gasteiger partial charge in [-0.05, 0) is 178 Å². The van der Waals surface area contributed by atoms with Crippen LogP contribution in [0.3, 0.4) is 0 Å². The standard InChI is InChI=1S/C45H63NO8/c1-8-41(5,37(49)53-43(7)30-11-25-9-26(13-30)14-31(43)12-25)23-42(6,36(48)51-33-29-15-32-34(33)52-38(50)45(32,20-29)24-46)21-39(2,3)35(47)54-44-18-27-10-28(19-44)17-40(4,16-27)22-44/h25-34H,8-23H2,1-7H3. The van der Waals surface area contributed by atoms with Crippen LogP contribution in [0.4, 0.5) is 0 Å². The number of ether oxygens (including phenoxy) is 4. The van der Waals surface area contributed by atoms with Crippen LogP contribution in [0, 0.1) is 85.7 Å². The number of carbonyl (C=O) groups is 4. The van der Waals surface area contributed by atoms with Gasteiger partial charge < -0.3 is 18.9 Å². The van der Waals surface area contributed by atoms with Crippen LogP contribution in [0.2, 0.25) is 0 Å². The Balaban J connectivity index is 0.980. The average molecular weight is 746 g/mol. The van der Waals surface area contributed by atoms with E-state index in [1.807, 2.05) is 34.6 Å². The highest BCUT2D eigenvalue weighted by molar-refractivity contribution is 5.85. The van der Waals surface area contributed by atoms with Crippen LogP contribution in [0.25, 0.3) is 0 Å².